The van der Waals surface area contributed by atoms with Crippen molar-refractivity contribution in [3.05, 3.63) is 35.4 Å². The van der Waals surface area contributed by atoms with Crippen molar-refractivity contribution >= 4 is 28.7 Å². The smallest absolute Gasteiger partial charge is 0.230 e. The van der Waals surface area contributed by atoms with Gasteiger partial charge in [-0.1, -0.05) is 29.5 Å². The van der Waals surface area contributed by atoms with Gasteiger partial charge in [-0.15, -0.1) is 0 Å². The average molecular weight is 329 g/mol. The second-order valence-electron chi connectivity index (χ2n) is 6.06. The fraction of sp³-hybridized carbons (Fsp3) is 0.444. The number of thioether (sulfide) groups is 1. The van der Waals surface area contributed by atoms with Gasteiger partial charge in [-0.25, -0.2) is 4.98 Å². The summed E-state index contributed by atoms with van der Waals surface area (Å²) in [5.74, 6) is 0.473. The molecule has 3 rings (SSSR count). The molecule has 5 heteroatoms. The standard InChI is InChI=1S/C18H23N3OS/c1-13-7-8-15-16(11-13)21-18(20-15)23-12-17(22)19-10-9-14-5-3-2-4-6-14/h5,7-8,11H,2-4,6,9-10,12H2,1H3,(H,19,22)(H,20,21). The molecular formula is C18H23N3OS. The largest absolute Gasteiger partial charge is 0.355 e. The summed E-state index contributed by atoms with van der Waals surface area (Å²) in [5.41, 5.74) is 4.67. The Hall–Kier alpha value is -1.75. The minimum absolute atomic E-state index is 0.0723. The van der Waals surface area contributed by atoms with E-state index >= 15 is 0 Å². The predicted octanol–water partition coefficient (Wildman–Crippen LogP) is 3.97. The number of fused-ring (bicyclic) bond motifs is 1. The first-order chi connectivity index (χ1) is 11.2. The van der Waals surface area contributed by atoms with E-state index in [-0.39, 0.29) is 5.91 Å². The van der Waals surface area contributed by atoms with Gasteiger partial charge in [-0.2, -0.15) is 0 Å². The van der Waals surface area contributed by atoms with Crippen LogP contribution in [0, 0.1) is 6.92 Å². The summed E-state index contributed by atoms with van der Waals surface area (Å²) in [6.45, 7) is 2.80. The third-order valence-electron chi connectivity index (χ3n) is 4.11. The van der Waals surface area contributed by atoms with Crippen molar-refractivity contribution in [2.45, 2.75) is 44.2 Å². The number of aromatic nitrogens is 2. The Morgan fingerprint density at radius 2 is 2.30 bits per heavy atom. The first kappa shape index (κ1) is 16.1. The number of amides is 1. The van der Waals surface area contributed by atoms with E-state index in [1.54, 1.807) is 0 Å². The molecule has 0 unspecified atom stereocenters. The van der Waals surface area contributed by atoms with Crippen LogP contribution in [-0.4, -0.2) is 28.2 Å². The number of rotatable bonds is 6. The fourth-order valence-electron chi connectivity index (χ4n) is 2.85. The number of aromatic amines is 1. The number of carbonyl (C=O) groups is 1. The Labute approximate surface area is 141 Å². The quantitative estimate of drug-likeness (QED) is 0.623. The molecule has 0 atom stereocenters. The summed E-state index contributed by atoms with van der Waals surface area (Å²) in [5, 5.41) is 3.80. The number of nitrogens with one attached hydrogen (secondary N) is 2. The second-order valence-corrected chi connectivity index (χ2v) is 7.02. The lowest BCUT2D eigenvalue weighted by Gasteiger charge is -2.12. The van der Waals surface area contributed by atoms with Gasteiger partial charge in [0.1, 0.15) is 0 Å². The van der Waals surface area contributed by atoms with Crippen molar-refractivity contribution in [2.75, 3.05) is 12.3 Å². The van der Waals surface area contributed by atoms with Crippen molar-refractivity contribution in [1.82, 2.24) is 15.3 Å². The summed E-state index contributed by atoms with van der Waals surface area (Å²) in [7, 11) is 0. The molecule has 0 bridgehead atoms. The lowest BCUT2D eigenvalue weighted by atomic mass is 9.97. The molecule has 4 nitrogen and oxygen atoms in total. The molecule has 1 amide bonds. The zero-order chi connectivity index (χ0) is 16.1. The Morgan fingerprint density at radius 1 is 1.39 bits per heavy atom. The van der Waals surface area contributed by atoms with E-state index in [0.717, 1.165) is 29.2 Å². The molecule has 2 N–H and O–H groups in total. The molecule has 122 valence electrons. The van der Waals surface area contributed by atoms with Crippen LogP contribution in [-0.2, 0) is 4.79 Å². The molecular weight excluding hydrogens is 306 g/mol. The highest BCUT2D eigenvalue weighted by molar-refractivity contribution is 7.99. The molecule has 0 fully saturated rings. The summed E-state index contributed by atoms with van der Waals surface area (Å²) >= 11 is 1.45. The van der Waals surface area contributed by atoms with Crippen molar-refractivity contribution < 1.29 is 4.79 Å². The summed E-state index contributed by atoms with van der Waals surface area (Å²) < 4.78 is 0. The molecule has 0 aliphatic heterocycles. The average Bonchev–Trinajstić information content (AvgIpc) is 2.96. The Morgan fingerprint density at radius 3 is 3.13 bits per heavy atom. The van der Waals surface area contributed by atoms with Crippen molar-refractivity contribution in [1.29, 1.82) is 0 Å². The SMILES string of the molecule is Cc1ccc2nc(SCC(=O)NCCC3=CCCCC3)[nH]c2c1. The maximum absolute atomic E-state index is 11.9. The number of benzene rings is 1. The number of aryl methyl sites for hydroxylation is 1. The van der Waals surface area contributed by atoms with E-state index in [1.165, 1.54) is 48.6 Å². The van der Waals surface area contributed by atoms with Gasteiger partial charge in [0, 0.05) is 6.54 Å². The van der Waals surface area contributed by atoms with Crippen molar-refractivity contribution in [3.63, 3.8) is 0 Å². The van der Waals surface area contributed by atoms with Gasteiger partial charge >= 0.3 is 0 Å². The Kier molecular flexibility index (Phi) is 5.39. The Bertz CT molecular complexity index is 720. The molecule has 0 radical (unpaired) electrons. The van der Waals surface area contributed by atoms with Crippen LogP contribution in [0.5, 0.6) is 0 Å². The molecule has 0 spiro atoms. The van der Waals surface area contributed by atoms with Crippen molar-refractivity contribution in [2.24, 2.45) is 0 Å². The number of hydrogen-bond acceptors (Lipinski definition) is 3. The molecule has 1 aliphatic carbocycles. The molecule has 23 heavy (non-hydrogen) atoms. The van der Waals surface area contributed by atoms with Crippen molar-refractivity contribution in [3.8, 4) is 0 Å². The summed E-state index contributed by atoms with van der Waals surface area (Å²) in [6, 6.07) is 6.12. The van der Waals surface area contributed by atoms with E-state index in [1.807, 2.05) is 12.1 Å². The number of carbonyl (C=O) groups excluding carboxylic acids is 1. The van der Waals surface area contributed by atoms with Gasteiger partial charge in [0.15, 0.2) is 5.16 Å². The third kappa shape index (κ3) is 4.61. The Balaban J connectivity index is 1.43. The molecule has 1 aliphatic rings. The maximum atomic E-state index is 11.9. The topological polar surface area (TPSA) is 57.8 Å². The van der Waals surface area contributed by atoms with Crippen LogP contribution in [0.4, 0.5) is 0 Å². The van der Waals surface area contributed by atoms with Crippen LogP contribution in [0.2, 0.25) is 0 Å². The number of imidazole rings is 1. The predicted molar refractivity (Wildman–Crippen MR) is 95.7 cm³/mol. The minimum atomic E-state index is 0.0723. The van der Waals surface area contributed by atoms with Gasteiger partial charge in [0.2, 0.25) is 5.91 Å². The van der Waals surface area contributed by atoms with E-state index in [0.29, 0.717) is 5.75 Å². The first-order valence-electron chi connectivity index (χ1n) is 8.24. The summed E-state index contributed by atoms with van der Waals surface area (Å²) in [4.78, 5) is 19.7. The highest BCUT2D eigenvalue weighted by atomic mass is 32.2. The van der Waals surface area contributed by atoms with Gasteiger partial charge in [-0.05, 0) is 56.7 Å². The lowest BCUT2D eigenvalue weighted by Crippen LogP contribution is -2.26. The fourth-order valence-corrected chi connectivity index (χ4v) is 3.56. The van der Waals surface area contributed by atoms with Crippen LogP contribution >= 0.6 is 11.8 Å². The summed E-state index contributed by atoms with van der Waals surface area (Å²) in [6.07, 6.45) is 8.32. The number of nitrogens with zero attached hydrogens (tertiary/aromatic N) is 1. The van der Waals surface area contributed by atoms with Gasteiger partial charge in [0.25, 0.3) is 0 Å². The van der Waals surface area contributed by atoms with Gasteiger partial charge < -0.3 is 10.3 Å². The highest BCUT2D eigenvalue weighted by Gasteiger charge is 2.08. The van der Waals surface area contributed by atoms with E-state index < -0.39 is 0 Å². The van der Waals surface area contributed by atoms with Crippen LogP contribution in [0.25, 0.3) is 11.0 Å². The molecule has 1 heterocycles. The number of hydrogen-bond donors (Lipinski definition) is 2. The van der Waals surface area contributed by atoms with E-state index in [4.69, 9.17) is 0 Å². The van der Waals surface area contributed by atoms with E-state index in [9.17, 15) is 4.79 Å². The zero-order valence-electron chi connectivity index (χ0n) is 13.5. The second kappa shape index (κ2) is 7.68. The molecule has 1 aromatic carbocycles. The van der Waals surface area contributed by atoms with Gasteiger partial charge in [0.05, 0.1) is 16.8 Å². The van der Waals surface area contributed by atoms with Gasteiger partial charge in [-0.3, -0.25) is 4.79 Å². The highest BCUT2D eigenvalue weighted by Crippen LogP contribution is 2.21. The monoisotopic (exact) mass is 329 g/mol. The lowest BCUT2D eigenvalue weighted by molar-refractivity contribution is -0.118. The normalized spacial score (nSPS) is 14.7. The first-order valence-corrected chi connectivity index (χ1v) is 9.23. The van der Waals surface area contributed by atoms with Crippen LogP contribution in [0.1, 0.15) is 37.7 Å². The van der Waals surface area contributed by atoms with Crippen LogP contribution in [0.3, 0.4) is 0 Å². The molecule has 2 aromatic rings. The van der Waals surface area contributed by atoms with Crippen LogP contribution < -0.4 is 5.32 Å². The maximum Gasteiger partial charge on any atom is 0.230 e. The third-order valence-corrected chi connectivity index (χ3v) is 4.98. The number of H-pyrrole nitrogens is 1. The molecule has 0 saturated heterocycles. The molecule has 1 aromatic heterocycles. The van der Waals surface area contributed by atoms with E-state index in [2.05, 4.69) is 34.4 Å². The molecule has 0 saturated carbocycles. The number of allylic oxidation sites excluding steroid dienone is 1. The van der Waals surface area contributed by atoms with Crippen LogP contribution in [0.15, 0.2) is 35.0 Å². The zero-order valence-corrected chi connectivity index (χ0v) is 14.3. The minimum Gasteiger partial charge on any atom is -0.355 e.